The number of anilines is 1. The zero-order valence-electron chi connectivity index (χ0n) is 15.5. The van der Waals surface area contributed by atoms with Crippen molar-refractivity contribution in [1.29, 1.82) is 0 Å². The Bertz CT molecular complexity index is 1020. The van der Waals surface area contributed by atoms with E-state index < -0.39 is 22.9 Å². The second-order valence-corrected chi connectivity index (χ2v) is 7.14. The molecule has 0 fully saturated rings. The fourth-order valence-corrected chi connectivity index (χ4v) is 3.40. The summed E-state index contributed by atoms with van der Waals surface area (Å²) in [6, 6.07) is 14.8. The van der Waals surface area contributed by atoms with Gasteiger partial charge in [-0.05, 0) is 40.9 Å². The SMILES string of the molecule is Cc1ccc(NC(=O)[C@@H](OC(=O)Cc2ccsc2)c2ccccc2)c([N+](=O)[O-])c1. The van der Waals surface area contributed by atoms with Crippen LogP contribution in [0.15, 0.2) is 65.4 Å². The lowest BCUT2D eigenvalue weighted by atomic mass is 10.1. The van der Waals surface area contributed by atoms with Crippen molar-refractivity contribution in [2.24, 2.45) is 0 Å². The topological polar surface area (TPSA) is 98.5 Å². The molecule has 7 nitrogen and oxygen atoms in total. The number of rotatable bonds is 7. The average Bonchev–Trinajstić information content (AvgIpc) is 3.21. The quantitative estimate of drug-likeness (QED) is 0.353. The standard InChI is InChI=1S/C21H18N2O5S/c1-14-7-8-17(18(11-14)23(26)27)22-21(25)20(16-5-3-2-4-6-16)28-19(24)12-15-9-10-29-13-15/h2-11,13,20H,12H2,1H3,(H,22,25)/t20-/m0/s1. The molecule has 0 saturated heterocycles. The molecule has 2 aromatic carbocycles. The van der Waals surface area contributed by atoms with Crippen molar-refractivity contribution < 1.29 is 19.2 Å². The number of hydrogen-bond acceptors (Lipinski definition) is 6. The summed E-state index contributed by atoms with van der Waals surface area (Å²) < 4.78 is 5.45. The number of carbonyl (C=O) groups excluding carboxylic acids is 2. The van der Waals surface area contributed by atoms with E-state index in [1.807, 2.05) is 10.8 Å². The van der Waals surface area contributed by atoms with Gasteiger partial charge in [0, 0.05) is 11.6 Å². The summed E-state index contributed by atoms with van der Waals surface area (Å²) in [5.41, 5.74) is 1.77. The predicted octanol–water partition coefficient (Wildman–Crippen LogP) is 4.43. The van der Waals surface area contributed by atoms with Crippen LogP contribution in [0.5, 0.6) is 0 Å². The van der Waals surface area contributed by atoms with Crippen LogP contribution in [-0.2, 0) is 20.7 Å². The molecule has 8 heteroatoms. The molecule has 0 aliphatic rings. The summed E-state index contributed by atoms with van der Waals surface area (Å²) in [5, 5.41) is 17.5. The number of amides is 1. The van der Waals surface area contributed by atoms with E-state index in [0.717, 1.165) is 5.56 Å². The first-order chi connectivity index (χ1) is 13.9. The lowest BCUT2D eigenvalue weighted by molar-refractivity contribution is -0.384. The van der Waals surface area contributed by atoms with E-state index in [9.17, 15) is 19.7 Å². The molecule has 148 valence electrons. The molecule has 0 bridgehead atoms. The van der Waals surface area contributed by atoms with Crippen LogP contribution < -0.4 is 5.32 Å². The molecular weight excluding hydrogens is 392 g/mol. The van der Waals surface area contributed by atoms with E-state index in [0.29, 0.717) is 11.1 Å². The van der Waals surface area contributed by atoms with E-state index in [-0.39, 0.29) is 17.8 Å². The maximum atomic E-state index is 12.9. The number of esters is 1. The highest BCUT2D eigenvalue weighted by molar-refractivity contribution is 7.08. The number of aryl methyl sites for hydroxylation is 1. The predicted molar refractivity (Wildman–Crippen MR) is 110 cm³/mol. The minimum atomic E-state index is -1.23. The summed E-state index contributed by atoms with van der Waals surface area (Å²) in [6.45, 7) is 1.72. The van der Waals surface area contributed by atoms with Crippen molar-refractivity contribution in [2.75, 3.05) is 5.32 Å². The summed E-state index contributed by atoms with van der Waals surface area (Å²) in [4.78, 5) is 36.0. The third-order valence-electron chi connectivity index (χ3n) is 4.13. The summed E-state index contributed by atoms with van der Waals surface area (Å²) in [5.74, 6) is -1.23. The highest BCUT2D eigenvalue weighted by Crippen LogP contribution is 2.28. The van der Waals surface area contributed by atoms with Gasteiger partial charge in [0.2, 0.25) is 6.10 Å². The molecule has 1 aromatic heterocycles. The molecule has 29 heavy (non-hydrogen) atoms. The van der Waals surface area contributed by atoms with Crippen LogP contribution in [-0.4, -0.2) is 16.8 Å². The number of benzene rings is 2. The van der Waals surface area contributed by atoms with Gasteiger partial charge in [0.05, 0.1) is 11.3 Å². The van der Waals surface area contributed by atoms with Gasteiger partial charge in [-0.25, -0.2) is 0 Å². The van der Waals surface area contributed by atoms with Crippen LogP contribution in [0.1, 0.15) is 22.8 Å². The first-order valence-corrected chi connectivity index (χ1v) is 9.69. The molecule has 0 saturated carbocycles. The number of carbonyl (C=O) groups is 2. The molecule has 0 aliphatic carbocycles. The Morgan fingerprint density at radius 2 is 1.93 bits per heavy atom. The van der Waals surface area contributed by atoms with E-state index in [2.05, 4.69) is 5.32 Å². The number of nitrogens with one attached hydrogen (secondary N) is 1. The number of thiophene rings is 1. The highest BCUT2D eigenvalue weighted by atomic mass is 32.1. The van der Waals surface area contributed by atoms with Crippen LogP contribution in [0.25, 0.3) is 0 Å². The molecule has 1 heterocycles. The van der Waals surface area contributed by atoms with Crippen molar-refractivity contribution in [3.8, 4) is 0 Å². The third kappa shape index (κ3) is 5.26. The number of nitrogens with zero attached hydrogens (tertiary/aromatic N) is 1. The lowest BCUT2D eigenvalue weighted by Gasteiger charge is -2.18. The summed E-state index contributed by atoms with van der Waals surface area (Å²) in [7, 11) is 0. The van der Waals surface area contributed by atoms with Gasteiger partial charge >= 0.3 is 5.97 Å². The van der Waals surface area contributed by atoms with Crippen molar-refractivity contribution in [3.05, 3.63) is 92.2 Å². The average molecular weight is 410 g/mol. The van der Waals surface area contributed by atoms with Crippen molar-refractivity contribution in [1.82, 2.24) is 0 Å². The molecule has 1 N–H and O–H groups in total. The molecule has 0 spiro atoms. The van der Waals surface area contributed by atoms with Gasteiger partial charge < -0.3 is 10.1 Å². The fraction of sp³-hybridized carbons (Fsp3) is 0.143. The van der Waals surface area contributed by atoms with Crippen LogP contribution in [0.3, 0.4) is 0 Å². The Kier molecular flexibility index (Phi) is 6.36. The Morgan fingerprint density at radius 3 is 2.59 bits per heavy atom. The molecule has 3 aromatic rings. The number of hydrogen-bond donors (Lipinski definition) is 1. The Labute approximate surface area is 171 Å². The lowest BCUT2D eigenvalue weighted by Crippen LogP contribution is -2.26. The van der Waals surface area contributed by atoms with Crippen LogP contribution in [0.4, 0.5) is 11.4 Å². The third-order valence-corrected chi connectivity index (χ3v) is 4.86. The number of nitro benzene ring substituents is 1. The Balaban J connectivity index is 1.83. The van der Waals surface area contributed by atoms with Gasteiger partial charge in [-0.3, -0.25) is 19.7 Å². The first-order valence-electron chi connectivity index (χ1n) is 8.75. The van der Waals surface area contributed by atoms with E-state index in [1.165, 1.54) is 23.5 Å². The second-order valence-electron chi connectivity index (χ2n) is 6.36. The van der Waals surface area contributed by atoms with Gasteiger partial charge in [-0.15, -0.1) is 0 Å². The van der Waals surface area contributed by atoms with Crippen molar-refractivity contribution in [2.45, 2.75) is 19.4 Å². The summed E-state index contributed by atoms with van der Waals surface area (Å²) in [6.07, 6.45) is -1.20. The highest BCUT2D eigenvalue weighted by Gasteiger charge is 2.27. The smallest absolute Gasteiger partial charge is 0.311 e. The minimum Gasteiger partial charge on any atom is -0.447 e. The van der Waals surface area contributed by atoms with Crippen molar-refractivity contribution in [3.63, 3.8) is 0 Å². The Hall–Kier alpha value is -3.52. The van der Waals surface area contributed by atoms with Gasteiger partial charge in [-0.2, -0.15) is 11.3 Å². The van der Waals surface area contributed by atoms with E-state index in [1.54, 1.807) is 49.4 Å². The molecule has 0 radical (unpaired) electrons. The largest absolute Gasteiger partial charge is 0.447 e. The molecule has 1 atom stereocenters. The molecule has 1 amide bonds. The molecule has 3 rings (SSSR count). The first kappa shape index (κ1) is 20.2. The fourth-order valence-electron chi connectivity index (χ4n) is 2.73. The molecule has 0 aliphatic heterocycles. The van der Waals surface area contributed by atoms with Crippen LogP contribution >= 0.6 is 11.3 Å². The van der Waals surface area contributed by atoms with Gasteiger partial charge in [-0.1, -0.05) is 36.4 Å². The second kappa shape index (κ2) is 9.11. The van der Waals surface area contributed by atoms with E-state index in [4.69, 9.17) is 4.74 Å². The van der Waals surface area contributed by atoms with Gasteiger partial charge in [0.15, 0.2) is 0 Å². The van der Waals surface area contributed by atoms with Gasteiger partial charge in [0.25, 0.3) is 11.6 Å². The normalized spacial score (nSPS) is 11.5. The van der Waals surface area contributed by atoms with Crippen LogP contribution in [0.2, 0.25) is 0 Å². The summed E-state index contributed by atoms with van der Waals surface area (Å²) >= 11 is 1.46. The maximum Gasteiger partial charge on any atom is 0.311 e. The van der Waals surface area contributed by atoms with Gasteiger partial charge in [0.1, 0.15) is 5.69 Å². The number of nitro groups is 1. The zero-order valence-corrected chi connectivity index (χ0v) is 16.3. The monoisotopic (exact) mass is 410 g/mol. The number of ether oxygens (including phenoxy) is 1. The zero-order chi connectivity index (χ0) is 20.8. The molecule has 0 unspecified atom stereocenters. The maximum absolute atomic E-state index is 12.9. The van der Waals surface area contributed by atoms with Crippen LogP contribution in [0, 0.1) is 17.0 Å². The van der Waals surface area contributed by atoms with Crippen molar-refractivity contribution >= 4 is 34.6 Å². The Morgan fingerprint density at radius 1 is 1.17 bits per heavy atom. The molecular formula is C21H18N2O5S. The minimum absolute atomic E-state index is 0.0325. The van der Waals surface area contributed by atoms with E-state index >= 15 is 0 Å².